The number of aryl methyl sites for hydroxylation is 1. The minimum atomic E-state index is -0.0287. The summed E-state index contributed by atoms with van der Waals surface area (Å²) in [6, 6.07) is 9.91. The molecule has 24 heavy (non-hydrogen) atoms. The standard InChI is InChI=1S/C18H21N3O3/c1-12-16(17(24-19-12)13-6-4-3-5-7-13)18(22)21-10-14-15(11-21)23-9-8-20(14)2/h3-7,14-15H,8-11H2,1-2H3. The Kier molecular flexibility index (Phi) is 3.86. The first kappa shape index (κ1) is 15.4. The molecule has 2 aliphatic rings. The van der Waals surface area contributed by atoms with Crippen molar-refractivity contribution in [3.63, 3.8) is 0 Å². The van der Waals surface area contributed by atoms with Crippen molar-refractivity contribution in [2.75, 3.05) is 33.3 Å². The number of carbonyl (C=O) groups is 1. The number of ether oxygens (including phenoxy) is 1. The molecule has 2 aliphatic heterocycles. The number of morpholine rings is 1. The van der Waals surface area contributed by atoms with Gasteiger partial charge in [-0.2, -0.15) is 0 Å². The second-order valence-corrected chi connectivity index (χ2v) is 6.51. The predicted octanol–water partition coefficient (Wildman–Crippen LogP) is 1.81. The largest absolute Gasteiger partial charge is 0.373 e. The number of hydrogen-bond acceptors (Lipinski definition) is 5. The number of benzene rings is 1. The lowest BCUT2D eigenvalue weighted by molar-refractivity contribution is -0.0368. The van der Waals surface area contributed by atoms with Crippen molar-refractivity contribution >= 4 is 5.91 Å². The van der Waals surface area contributed by atoms with Crippen LogP contribution < -0.4 is 0 Å². The predicted molar refractivity (Wildman–Crippen MR) is 88.7 cm³/mol. The molecule has 6 nitrogen and oxygen atoms in total. The third kappa shape index (κ3) is 2.52. The van der Waals surface area contributed by atoms with E-state index in [1.807, 2.05) is 42.2 Å². The van der Waals surface area contributed by atoms with Crippen molar-refractivity contribution in [3.05, 3.63) is 41.6 Å². The number of carbonyl (C=O) groups excluding carboxylic acids is 1. The van der Waals surface area contributed by atoms with Crippen molar-refractivity contribution in [3.8, 4) is 11.3 Å². The van der Waals surface area contributed by atoms with Crippen LogP contribution in [-0.4, -0.2) is 66.3 Å². The molecule has 6 heteroatoms. The number of fused-ring (bicyclic) bond motifs is 1. The quantitative estimate of drug-likeness (QED) is 0.842. The number of amides is 1. The van der Waals surface area contributed by atoms with E-state index < -0.39 is 0 Å². The molecule has 0 bridgehead atoms. The van der Waals surface area contributed by atoms with Crippen LogP contribution in [0.2, 0.25) is 0 Å². The van der Waals surface area contributed by atoms with Gasteiger partial charge in [-0.1, -0.05) is 35.5 Å². The van der Waals surface area contributed by atoms with Crippen LogP contribution in [0, 0.1) is 6.92 Å². The summed E-state index contributed by atoms with van der Waals surface area (Å²) < 4.78 is 11.3. The van der Waals surface area contributed by atoms with Gasteiger partial charge in [-0.15, -0.1) is 0 Å². The molecule has 1 aromatic heterocycles. The van der Waals surface area contributed by atoms with Gasteiger partial charge in [0.15, 0.2) is 5.76 Å². The second kappa shape index (κ2) is 6.03. The maximum absolute atomic E-state index is 13.1. The van der Waals surface area contributed by atoms with Crippen LogP contribution in [0.5, 0.6) is 0 Å². The first-order valence-electron chi connectivity index (χ1n) is 8.28. The molecular weight excluding hydrogens is 306 g/mol. The Labute approximate surface area is 141 Å². The van der Waals surface area contributed by atoms with E-state index in [1.165, 1.54) is 0 Å². The fourth-order valence-electron chi connectivity index (χ4n) is 3.59. The van der Waals surface area contributed by atoms with E-state index in [2.05, 4.69) is 17.1 Å². The molecule has 0 saturated carbocycles. The Hall–Kier alpha value is -2.18. The van der Waals surface area contributed by atoms with Gasteiger partial charge >= 0.3 is 0 Å². The Balaban J connectivity index is 1.63. The normalized spacial score (nSPS) is 24.2. The lowest BCUT2D eigenvalue weighted by Crippen LogP contribution is -2.48. The number of likely N-dealkylation sites (tertiary alicyclic amines) is 1. The van der Waals surface area contributed by atoms with Crippen LogP contribution in [0.15, 0.2) is 34.9 Å². The third-order valence-corrected chi connectivity index (χ3v) is 4.98. The fourth-order valence-corrected chi connectivity index (χ4v) is 3.59. The van der Waals surface area contributed by atoms with E-state index in [4.69, 9.17) is 9.26 Å². The third-order valence-electron chi connectivity index (χ3n) is 4.98. The summed E-state index contributed by atoms with van der Waals surface area (Å²) in [5, 5.41) is 4.03. The lowest BCUT2D eigenvalue weighted by Gasteiger charge is -2.33. The van der Waals surface area contributed by atoms with Crippen LogP contribution in [-0.2, 0) is 4.74 Å². The van der Waals surface area contributed by atoms with E-state index in [0.717, 1.165) is 18.7 Å². The molecule has 0 N–H and O–H groups in total. The summed E-state index contributed by atoms with van der Waals surface area (Å²) >= 11 is 0. The lowest BCUT2D eigenvalue weighted by atomic mass is 10.1. The van der Waals surface area contributed by atoms with E-state index in [1.54, 1.807) is 0 Å². The van der Waals surface area contributed by atoms with Crippen LogP contribution in [0.1, 0.15) is 16.1 Å². The molecule has 1 aromatic carbocycles. The molecule has 2 saturated heterocycles. The van der Waals surface area contributed by atoms with Crippen LogP contribution in [0.3, 0.4) is 0 Å². The van der Waals surface area contributed by atoms with E-state index in [-0.39, 0.29) is 18.1 Å². The van der Waals surface area contributed by atoms with Gasteiger partial charge in [0.25, 0.3) is 5.91 Å². The first-order valence-corrected chi connectivity index (χ1v) is 8.28. The summed E-state index contributed by atoms with van der Waals surface area (Å²) in [5.41, 5.74) is 2.05. The zero-order valence-corrected chi connectivity index (χ0v) is 13.9. The van der Waals surface area contributed by atoms with Gasteiger partial charge in [0.1, 0.15) is 5.56 Å². The van der Waals surface area contributed by atoms with E-state index in [9.17, 15) is 4.79 Å². The van der Waals surface area contributed by atoms with Crippen molar-refractivity contribution in [2.24, 2.45) is 0 Å². The number of aromatic nitrogens is 1. The minimum absolute atomic E-state index is 0.0287. The van der Waals surface area contributed by atoms with Crippen LogP contribution >= 0.6 is 0 Å². The van der Waals surface area contributed by atoms with Gasteiger partial charge in [-0.05, 0) is 14.0 Å². The Morgan fingerprint density at radius 1 is 1.25 bits per heavy atom. The molecular formula is C18H21N3O3. The fraction of sp³-hybridized carbons (Fsp3) is 0.444. The number of likely N-dealkylation sites (N-methyl/N-ethyl adjacent to an activating group) is 1. The summed E-state index contributed by atoms with van der Waals surface area (Å²) in [4.78, 5) is 17.3. The van der Waals surface area contributed by atoms with Crippen molar-refractivity contribution < 1.29 is 14.1 Å². The summed E-state index contributed by atoms with van der Waals surface area (Å²) in [6.07, 6.45) is 0.0908. The molecule has 2 unspecified atom stereocenters. The smallest absolute Gasteiger partial charge is 0.259 e. The summed E-state index contributed by atoms with van der Waals surface area (Å²) in [6.45, 7) is 4.74. The maximum Gasteiger partial charge on any atom is 0.259 e. The van der Waals surface area contributed by atoms with Crippen molar-refractivity contribution in [2.45, 2.75) is 19.1 Å². The summed E-state index contributed by atoms with van der Waals surface area (Å²) in [7, 11) is 2.09. The Morgan fingerprint density at radius 3 is 2.79 bits per heavy atom. The maximum atomic E-state index is 13.1. The number of nitrogens with zero attached hydrogens (tertiary/aromatic N) is 3. The zero-order chi connectivity index (χ0) is 16.7. The highest BCUT2D eigenvalue weighted by atomic mass is 16.5. The molecule has 0 radical (unpaired) electrons. The minimum Gasteiger partial charge on any atom is -0.373 e. The highest BCUT2D eigenvalue weighted by Gasteiger charge is 2.41. The molecule has 2 fully saturated rings. The highest BCUT2D eigenvalue weighted by molar-refractivity contribution is 6.00. The molecule has 2 aromatic rings. The van der Waals surface area contributed by atoms with Gasteiger partial charge in [-0.25, -0.2) is 0 Å². The van der Waals surface area contributed by atoms with Gasteiger partial charge in [0.2, 0.25) is 0 Å². The zero-order valence-electron chi connectivity index (χ0n) is 13.9. The van der Waals surface area contributed by atoms with Gasteiger partial charge in [-0.3, -0.25) is 9.69 Å². The second-order valence-electron chi connectivity index (χ2n) is 6.51. The van der Waals surface area contributed by atoms with Gasteiger partial charge in [0.05, 0.1) is 24.4 Å². The van der Waals surface area contributed by atoms with E-state index >= 15 is 0 Å². The molecule has 0 spiro atoms. The van der Waals surface area contributed by atoms with Crippen LogP contribution in [0.4, 0.5) is 0 Å². The molecule has 1 amide bonds. The SMILES string of the molecule is Cc1noc(-c2ccccc2)c1C(=O)N1CC2OCCN(C)C2C1. The monoisotopic (exact) mass is 327 g/mol. The number of rotatable bonds is 2. The number of hydrogen-bond donors (Lipinski definition) is 0. The average Bonchev–Trinajstić information content (AvgIpc) is 3.20. The molecule has 3 heterocycles. The molecule has 126 valence electrons. The van der Waals surface area contributed by atoms with Crippen molar-refractivity contribution in [1.29, 1.82) is 0 Å². The van der Waals surface area contributed by atoms with Crippen molar-refractivity contribution in [1.82, 2.24) is 15.0 Å². The van der Waals surface area contributed by atoms with Crippen LogP contribution in [0.25, 0.3) is 11.3 Å². The average molecular weight is 327 g/mol. The Morgan fingerprint density at radius 2 is 2.04 bits per heavy atom. The van der Waals surface area contributed by atoms with E-state index in [0.29, 0.717) is 30.1 Å². The molecule has 2 atom stereocenters. The summed E-state index contributed by atoms with van der Waals surface area (Å²) in [5.74, 6) is 0.515. The topological polar surface area (TPSA) is 58.8 Å². The Bertz CT molecular complexity index is 743. The highest BCUT2D eigenvalue weighted by Crippen LogP contribution is 2.30. The van der Waals surface area contributed by atoms with Gasteiger partial charge < -0.3 is 14.2 Å². The first-order chi connectivity index (χ1) is 11.6. The van der Waals surface area contributed by atoms with Gasteiger partial charge in [0, 0.05) is 25.2 Å². The molecule has 0 aliphatic carbocycles. The molecule has 4 rings (SSSR count).